The minimum absolute atomic E-state index is 0.515. The van der Waals surface area contributed by atoms with Crippen LogP contribution in [0.25, 0.3) is 11.5 Å². The van der Waals surface area contributed by atoms with Crippen molar-refractivity contribution in [2.75, 3.05) is 12.0 Å². The zero-order chi connectivity index (χ0) is 10.8. The van der Waals surface area contributed by atoms with Gasteiger partial charge in [0.1, 0.15) is 0 Å². The van der Waals surface area contributed by atoms with E-state index < -0.39 is 0 Å². The summed E-state index contributed by atoms with van der Waals surface area (Å²) in [6.07, 6.45) is 2.00. The van der Waals surface area contributed by atoms with Gasteiger partial charge in [0.15, 0.2) is 5.82 Å². The van der Waals surface area contributed by atoms with Crippen molar-refractivity contribution in [1.82, 2.24) is 10.1 Å². The van der Waals surface area contributed by atoms with Crippen LogP contribution >= 0.6 is 23.1 Å². The number of thiophene rings is 1. The van der Waals surface area contributed by atoms with Gasteiger partial charge in [-0.15, -0.1) is 11.3 Å². The zero-order valence-corrected chi connectivity index (χ0v) is 10.1. The highest BCUT2D eigenvalue weighted by molar-refractivity contribution is 7.97. The number of aryl methyl sites for hydroxylation is 1. The lowest BCUT2D eigenvalue weighted by atomic mass is 10.3. The third-order valence-electron chi connectivity index (χ3n) is 1.86. The van der Waals surface area contributed by atoms with Gasteiger partial charge in [-0.2, -0.15) is 16.7 Å². The molecular formula is C9H11N3OS2. The van der Waals surface area contributed by atoms with E-state index in [-0.39, 0.29) is 0 Å². The first kappa shape index (κ1) is 10.5. The Morgan fingerprint density at radius 2 is 2.40 bits per heavy atom. The molecule has 2 aromatic rings. The minimum Gasteiger partial charge on any atom is -0.390 e. The van der Waals surface area contributed by atoms with Gasteiger partial charge in [0.25, 0.3) is 5.89 Å². The molecule has 4 nitrogen and oxygen atoms in total. The van der Waals surface area contributed by atoms with E-state index in [0.717, 1.165) is 21.2 Å². The quantitative estimate of drug-likeness (QED) is 0.894. The molecule has 0 spiro atoms. The molecule has 0 aliphatic heterocycles. The molecule has 6 heteroatoms. The highest BCUT2D eigenvalue weighted by Crippen LogP contribution is 2.32. The summed E-state index contributed by atoms with van der Waals surface area (Å²) in [7, 11) is 0. The van der Waals surface area contributed by atoms with Gasteiger partial charge in [0.05, 0.1) is 16.3 Å². The van der Waals surface area contributed by atoms with E-state index in [2.05, 4.69) is 10.1 Å². The Kier molecular flexibility index (Phi) is 2.97. The largest absolute Gasteiger partial charge is 0.390 e. The number of hydrogen-bond acceptors (Lipinski definition) is 6. The number of rotatable bonds is 3. The number of hydrogen-bond donors (Lipinski definition) is 1. The second-order valence-corrected chi connectivity index (χ2v) is 5.24. The molecule has 15 heavy (non-hydrogen) atoms. The summed E-state index contributed by atoms with van der Waals surface area (Å²) >= 11 is 3.19. The van der Waals surface area contributed by atoms with Gasteiger partial charge in [-0.3, -0.25) is 0 Å². The van der Waals surface area contributed by atoms with Crippen molar-refractivity contribution in [2.24, 2.45) is 0 Å². The third kappa shape index (κ3) is 2.15. The lowest BCUT2D eigenvalue weighted by Crippen LogP contribution is -1.85. The van der Waals surface area contributed by atoms with Crippen LogP contribution in [0.1, 0.15) is 10.7 Å². The van der Waals surface area contributed by atoms with Gasteiger partial charge in [0, 0.05) is 4.88 Å². The lowest BCUT2D eigenvalue weighted by molar-refractivity contribution is 0.425. The van der Waals surface area contributed by atoms with Crippen LogP contribution in [0.5, 0.6) is 0 Å². The maximum absolute atomic E-state index is 5.84. The Morgan fingerprint density at radius 3 is 3.00 bits per heavy atom. The normalized spacial score (nSPS) is 10.8. The molecule has 2 aromatic heterocycles. The second kappa shape index (κ2) is 4.24. The van der Waals surface area contributed by atoms with Crippen LogP contribution in [-0.4, -0.2) is 16.4 Å². The summed E-state index contributed by atoms with van der Waals surface area (Å²) in [6.45, 7) is 2.00. The van der Waals surface area contributed by atoms with E-state index in [1.165, 1.54) is 11.3 Å². The molecular weight excluding hydrogens is 230 g/mol. The number of nitrogen functional groups attached to an aromatic ring is 1. The molecule has 0 radical (unpaired) electrons. The first-order valence-electron chi connectivity index (χ1n) is 4.38. The molecule has 2 rings (SSSR count). The van der Waals surface area contributed by atoms with Gasteiger partial charge >= 0.3 is 0 Å². The first-order chi connectivity index (χ1) is 7.20. The molecule has 80 valence electrons. The predicted molar refractivity (Wildman–Crippen MR) is 64.0 cm³/mol. The van der Waals surface area contributed by atoms with Crippen molar-refractivity contribution < 1.29 is 4.52 Å². The lowest BCUT2D eigenvalue weighted by Gasteiger charge is -1.89. The van der Waals surface area contributed by atoms with Gasteiger partial charge in [-0.1, -0.05) is 5.16 Å². The first-order valence-corrected chi connectivity index (χ1v) is 6.59. The Balaban J connectivity index is 2.32. The molecule has 0 fully saturated rings. The molecule has 0 unspecified atom stereocenters. The zero-order valence-electron chi connectivity index (χ0n) is 8.48. The number of thioether (sulfide) groups is 1. The Bertz CT molecular complexity index is 464. The molecule has 0 bridgehead atoms. The van der Waals surface area contributed by atoms with E-state index in [1.807, 2.05) is 19.2 Å². The Morgan fingerprint density at radius 1 is 1.60 bits per heavy atom. The summed E-state index contributed by atoms with van der Waals surface area (Å²) in [6, 6.07) is 1.97. The molecule has 0 saturated heterocycles. The number of nitrogens with two attached hydrogens (primary N) is 1. The van der Waals surface area contributed by atoms with Crippen molar-refractivity contribution in [3.8, 4) is 11.5 Å². The molecule has 0 aliphatic carbocycles. The van der Waals surface area contributed by atoms with Crippen LogP contribution in [0.4, 0.5) is 5.00 Å². The summed E-state index contributed by atoms with van der Waals surface area (Å²) in [5, 5.41) is 4.60. The summed E-state index contributed by atoms with van der Waals surface area (Å²) in [5.74, 6) is 1.98. The molecule has 0 saturated carbocycles. The highest BCUT2D eigenvalue weighted by atomic mass is 32.2. The van der Waals surface area contributed by atoms with Gasteiger partial charge in [-0.25, -0.2) is 0 Å². The van der Waals surface area contributed by atoms with E-state index >= 15 is 0 Å². The SMILES string of the molecule is CSCc1noc(-c2cc(C)sc2N)n1. The number of aromatic nitrogens is 2. The standard InChI is InChI=1S/C9H11N3OS2/c1-5-3-6(8(10)15-5)9-11-7(4-14-2)12-13-9/h3H,4,10H2,1-2H3. The minimum atomic E-state index is 0.515. The molecule has 0 atom stereocenters. The molecule has 0 aliphatic rings. The summed E-state index contributed by atoms with van der Waals surface area (Å²) < 4.78 is 5.15. The number of nitrogens with zero attached hydrogens (tertiary/aromatic N) is 2. The molecule has 2 N–H and O–H groups in total. The van der Waals surface area contributed by atoms with E-state index in [4.69, 9.17) is 10.3 Å². The molecule has 0 aromatic carbocycles. The predicted octanol–water partition coefficient (Wildman–Crippen LogP) is 2.55. The summed E-state index contributed by atoms with van der Waals surface area (Å²) in [4.78, 5) is 5.42. The van der Waals surface area contributed by atoms with Crippen LogP contribution in [0, 0.1) is 6.92 Å². The monoisotopic (exact) mass is 241 g/mol. The second-order valence-electron chi connectivity index (χ2n) is 3.08. The van der Waals surface area contributed by atoms with Crippen molar-refractivity contribution >= 4 is 28.1 Å². The fourth-order valence-electron chi connectivity index (χ4n) is 1.25. The van der Waals surface area contributed by atoms with Crippen LogP contribution in [-0.2, 0) is 5.75 Å². The van der Waals surface area contributed by atoms with Crippen LogP contribution in [0.15, 0.2) is 10.6 Å². The van der Waals surface area contributed by atoms with Crippen molar-refractivity contribution in [3.63, 3.8) is 0 Å². The van der Waals surface area contributed by atoms with E-state index in [0.29, 0.717) is 11.7 Å². The average molecular weight is 241 g/mol. The maximum atomic E-state index is 5.84. The number of anilines is 1. The highest BCUT2D eigenvalue weighted by Gasteiger charge is 2.13. The van der Waals surface area contributed by atoms with E-state index in [1.54, 1.807) is 11.8 Å². The Hall–Kier alpha value is -1.01. The van der Waals surface area contributed by atoms with Crippen LogP contribution < -0.4 is 5.73 Å². The fraction of sp³-hybridized carbons (Fsp3) is 0.333. The van der Waals surface area contributed by atoms with Crippen molar-refractivity contribution in [2.45, 2.75) is 12.7 Å². The van der Waals surface area contributed by atoms with Crippen LogP contribution in [0.2, 0.25) is 0 Å². The molecule has 2 heterocycles. The van der Waals surface area contributed by atoms with Gasteiger partial charge < -0.3 is 10.3 Å². The fourth-order valence-corrected chi connectivity index (χ4v) is 2.41. The van der Waals surface area contributed by atoms with Gasteiger partial charge in [-0.05, 0) is 19.2 Å². The average Bonchev–Trinajstić information content (AvgIpc) is 2.73. The Labute approximate surface area is 95.9 Å². The van der Waals surface area contributed by atoms with Crippen molar-refractivity contribution in [1.29, 1.82) is 0 Å². The summed E-state index contributed by atoms with van der Waals surface area (Å²) in [5.41, 5.74) is 6.69. The van der Waals surface area contributed by atoms with Gasteiger partial charge in [0.2, 0.25) is 0 Å². The topological polar surface area (TPSA) is 64.9 Å². The van der Waals surface area contributed by atoms with Crippen molar-refractivity contribution in [3.05, 3.63) is 16.8 Å². The molecule has 0 amide bonds. The van der Waals surface area contributed by atoms with Crippen LogP contribution in [0.3, 0.4) is 0 Å². The van der Waals surface area contributed by atoms with E-state index in [9.17, 15) is 0 Å². The maximum Gasteiger partial charge on any atom is 0.260 e. The third-order valence-corrected chi connectivity index (χ3v) is 3.28. The smallest absolute Gasteiger partial charge is 0.260 e.